The first-order valence-corrected chi connectivity index (χ1v) is 7.01. The third-order valence-corrected chi connectivity index (χ3v) is 3.74. The number of furan rings is 1. The number of piperidine rings is 1. The summed E-state index contributed by atoms with van der Waals surface area (Å²) in [6, 6.07) is 3.54. The number of carboxylic acids is 1. The highest BCUT2D eigenvalue weighted by Gasteiger charge is 2.22. The van der Waals surface area contributed by atoms with Gasteiger partial charge in [0.05, 0.1) is 12.8 Å². The fourth-order valence-corrected chi connectivity index (χ4v) is 2.61. The van der Waals surface area contributed by atoms with Gasteiger partial charge in [-0.1, -0.05) is 5.16 Å². The fraction of sp³-hybridized carbons (Fsp3) is 0.500. The van der Waals surface area contributed by atoms with Gasteiger partial charge in [-0.05, 0) is 44.0 Å². The first kappa shape index (κ1) is 13.8. The predicted molar refractivity (Wildman–Crippen MR) is 72.3 cm³/mol. The Kier molecular flexibility index (Phi) is 4.01. The first-order chi connectivity index (χ1) is 10.2. The number of hydrogen-bond acceptors (Lipinski definition) is 6. The SMILES string of the molecule is O=C(O)CC1CCN(Cc2noc(-c3ccco3)n2)CC1. The largest absolute Gasteiger partial charge is 0.481 e. The summed E-state index contributed by atoms with van der Waals surface area (Å²) in [5, 5.41) is 12.8. The summed E-state index contributed by atoms with van der Waals surface area (Å²) < 4.78 is 10.4. The molecule has 112 valence electrons. The van der Waals surface area contributed by atoms with E-state index in [2.05, 4.69) is 15.0 Å². The van der Waals surface area contributed by atoms with Crippen molar-refractivity contribution in [2.24, 2.45) is 5.92 Å². The quantitative estimate of drug-likeness (QED) is 0.900. The molecule has 3 rings (SSSR count). The lowest BCUT2D eigenvalue weighted by Gasteiger charge is -2.30. The maximum absolute atomic E-state index is 10.7. The molecule has 1 aliphatic heterocycles. The summed E-state index contributed by atoms with van der Waals surface area (Å²) in [5.74, 6) is 1.14. The van der Waals surface area contributed by atoms with Crippen molar-refractivity contribution >= 4 is 5.97 Å². The highest BCUT2D eigenvalue weighted by molar-refractivity contribution is 5.67. The van der Waals surface area contributed by atoms with Crippen molar-refractivity contribution in [3.05, 3.63) is 24.2 Å². The Hall–Kier alpha value is -2.15. The Morgan fingerprint density at radius 2 is 2.24 bits per heavy atom. The third kappa shape index (κ3) is 3.49. The van der Waals surface area contributed by atoms with Crippen LogP contribution in [0.5, 0.6) is 0 Å². The monoisotopic (exact) mass is 291 g/mol. The zero-order valence-electron chi connectivity index (χ0n) is 11.6. The van der Waals surface area contributed by atoms with E-state index in [-0.39, 0.29) is 12.3 Å². The van der Waals surface area contributed by atoms with Gasteiger partial charge in [-0.15, -0.1) is 0 Å². The van der Waals surface area contributed by atoms with Crippen LogP contribution in [0, 0.1) is 5.92 Å². The maximum Gasteiger partial charge on any atom is 0.303 e. The van der Waals surface area contributed by atoms with Crippen LogP contribution in [0.25, 0.3) is 11.7 Å². The number of carboxylic acid groups (broad SMARTS) is 1. The Bertz CT molecular complexity index is 585. The van der Waals surface area contributed by atoms with Gasteiger partial charge in [-0.3, -0.25) is 9.69 Å². The van der Waals surface area contributed by atoms with Crippen LogP contribution >= 0.6 is 0 Å². The molecule has 0 atom stereocenters. The average molecular weight is 291 g/mol. The Morgan fingerprint density at radius 3 is 2.90 bits per heavy atom. The van der Waals surface area contributed by atoms with Gasteiger partial charge in [-0.25, -0.2) is 0 Å². The van der Waals surface area contributed by atoms with Crippen LogP contribution in [0.2, 0.25) is 0 Å². The average Bonchev–Trinajstić information content (AvgIpc) is 3.11. The lowest BCUT2D eigenvalue weighted by Crippen LogP contribution is -2.34. The van der Waals surface area contributed by atoms with Crippen LogP contribution < -0.4 is 0 Å². The standard InChI is InChI=1S/C14H17N3O4/c18-13(19)8-10-3-5-17(6-4-10)9-12-15-14(21-16-12)11-2-1-7-20-11/h1-2,7,10H,3-6,8-9H2,(H,18,19). The van der Waals surface area contributed by atoms with Gasteiger partial charge in [0, 0.05) is 6.42 Å². The summed E-state index contributed by atoms with van der Waals surface area (Å²) in [7, 11) is 0. The zero-order chi connectivity index (χ0) is 14.7. The highest BCUT2D eigenvalue weighted by atomic mass is 16.5. The molecule has 1 N–H and O–H groups in total. The van der Waals surface area contributed by atoms with Crippen molar-refractivity contribution in [3.63, 3.8) is 0 Å². The van der Waals surface area contributed by atoms with E-state index in [0.29, 0.717) is 24.0 Å². The van der Waals surface area contributed by atoms with Gasteiger partial charge in [0.15, 0.2) is 11.6 Å². The lowest BCUT2D eigenvalue weighted by atomic mass is 9.94. The second-order valence-corrected chi connectivity index (χ2v) is 5.31. The molecule has 1 saturated heterocycles. The van der Waals surface area contributed by atoms with E-state index < -0.39 is 5.97 Å². The van der Waals surface area contributed by atoms with Crippen LogP contribution in [0.4, 0.5) is 0 Å². The summed E-state index contributed by atoms with van der Waals surface area (Å²) >= 11 is 0. The number of aliphatic carboxylic acids is 1. The van der Waals surface area contributed by atoms with Crippen molar-refractivity contribution in [1.29, 1.82) is 0 Å². The van der Waals surface area contributed by atoms with Crippen molar-refractivity contribution in [1.82, 2.24) is 15.0 Å². The van der Waals surface area contributed by atoms with Crippen molar-refractivity contribution in [2.45, 2.75) is 25.8 Å². The second-order valence-electron chi connectivity index (χ2n) is 5.31. The Labute approximate surface area is 121 Å². The Balaban J connectivity index is 1.53. The van der Waals surface area contributed by atoms with Gasteiger partial charge >= 0.3 is 5.97 Å². The summed E-state index contributed by atoms with van der Waals surface area (Å²) in [4.78, 5) is 17.2. The molecule has 0 unspecified atom stereocenters. The molecule has 0 aromatic carbocycles. The first-order valence-electron chi connectivity index (χ1n) is 7.01. The smallest absolute Gasteiger partial charge is 0.303 e. The molecule has 0 spiro atoms. The predicted octanol–water partition coefficient (Wildman–Crippen LogP) is 2.02. The molecule has 1 fully saturated rings. The van der Waals surface area contributed by atoms with Gasteiger partial charge in [0.2, 0.25) is 0 Å². The van der Waals surface area contributed by atoms with Crippen LogP contribution in [0.15, 0.2) is 27.3 Å². The minimum Gasteiger partial charge on any atom is -0.481 e. The molecule has 0 aliphatic carbocycles. The minimum absolute atomic E-state index is 0.263. The van der Waals surface area contributed by atoms with Crippen molar-refractivity contribution in [3.8, 4) is 11.7 Å². The zero-order valence-corrected chi connectivity index (χ0v) is 11.6. The number of rotatable bonds is 5. The molecular formula is C14H17N3O4. The number of likely N-dealkylation sites (tertiary alicyclic amines) is 1. The van der Waals surface area contributed by atoms with Gasteiger partial charge in [-0.2, -0.15) is 4.98 Å². The number of aromatic nitrogens is 2. The lowest BCUT2D eigenvalue weighted by molar-refractivity contribution is -0.138. The van der Waals surface area contributed by atoms with Gasteiger partial charge in [0.25, 0.3) is 5.89 Å². The Morgan fingerprint density at radius 1 is 1.43 bits per heavy atom. The van der Waals surface area contributed by atoms with Gasteiger partial charge < -0.3 is 14.0 Å². The molecular weight excluding hydrogens is 274 g/mol. The minimum atomic E-state index is -0.713. The second kappa shape index (κ2) is 6.09. The van der Waals surface area contributed by atoms with Crippen molar-refractivity contribution in [2.75, 3.05) is 13.1 Å². The molecule has 21 heavy (non-hydrogen) atoms. The van der Waals surface area contributed by atoms with Gasteiger partial charge in [0.1, 0.15) is 0 Å². The maximum atomic E-state index is 10.7. The van der Waals surface area contributed by atoms with E-state index in [1.165, 1.54) is 0 Å². The van der Waals surface area contributed by atoms with E-state index in [9.17, 15) is 4.79 Å². The molecule has 0 amide bonds. The van der Waals surface area contributed by atoms with Crippen LogP contribution in [0.1, 0.15) is 25.1 Å². The summed E-state index contributed by atoms with van der Waals surface area (Å²) in [6.45, 7) is 2.34. The molecule has 7 heteroatoms. The fourth-order valence-electron chi connectivity index (χ4n) is 2.61. The molecule has 7 nitrogen and oxygen atoms in total. The normalized spacial score (nSPS) is 17.1. The topological polar surface area (TPSA) is 92.6 Å². The molecule has 0 bridgehead atoms. The van der Waals surface area contributed by atoms with E-state index >= 15 is 0 Å². The molecule has 2 aromatic rings. The van der Waals surface area contributed by atoms with E-state index in [1.54, 1.807) is 18.4 Å². The molecule has 0 radical (unpaired) electrons. The van der Waals surface area contributed by atoms with Crippen LogP contribution in [-0.2, 0) is 11.3 Å². The van der Waals surface area contributed by atoms with E-state index in [0.717, 1.165) is 25.9 Å². The number of nitrogens with zero attached hydrogens (tertiary/aromatic N) is 3. The van der Waals surface area contributed by atoms with Crippen LogP contribution in [-0.4, -0.2) is 39.2 Å². The van der Waals surface area contributed by atoms with Crippen LogP contribution in [0.3, 0.4) is 0 Å². The summed E-state index contributed by atoms with van der Waals surface area (Å²) in [5.41, 5.74) is 0. The van der Waals surface area contributed by atoms with E-state index in [4.69, 9.17) is 14.0 Å². The van der Waals surface area contributed by atoms with E-state index in [1.807, 2.05) is 0 Å². The molecule has 0 saturated carbocycles. The van der Waals surface area contributed by atoms with Crippen molar-refractivity contribution < 1.29 is 18.8 Å². The molecule has 1 aliphatic rings. The molecule has 3 heterocycles. The number of carbonyl (C=O) groups is 1. The number of hydrogen-bond donors (Lipinski definition) is 1. The summed E-state index contributed by atoms with van der Waals surface area (Å²) in [6.07, 6.45) is 3.62. The third-order valence-electron chi connectivity index (χ3n) is 3.74. The highest BCUT2D eigenvalue weighted by Crippen LogP contribution is 2.22. The molecule has 2 aromatic heterocycles.